The Hall–Kier alpha value is -1.63. The highest BCUT2D eigenvalue weighted by Gasteiger charge is 2.51. The molecule has 146 valence electrons. The van der Waals surface area contributed by atoms with E-state index in [0.29, 0.717) is 32.7 Å². The Morgan fingerprint density at radius 3 is 2.38 bits per heavy atom. The fourth-order valence-corrected chi connectivity index (χ4v) is 4.53. The molecule has 0 radical (unpaired) electrons. The molecule has 7 heteroatoms. The van der Waals surface area contributed by atoms with Gasteiger partial charge in [0.1, 0.15) is 0 Å². The van der Waals surface area contributed by atoms with Crippen molar-refractivity contribution in [2.45, 2.75) is 51.9 Å². The van der Waals surface area contributed by atoms with Gasteiger partial charge < -0.3 is 9.64 Å². The van der Waals surface area contributed by atoms with Crippen LogP contribution < -0.4 is 0 Å². The summed E-state index contributed by atoms with van der Waals surface area (Å²) in [4.78, 5) is 42.4. The Kier molecular flexibility index (Phi) is 6.16. The highest BCUT2D eigenvalue weighted by atomic mass is 16.6. The lowest BCUT2D eigenvalue weighted by molar-refractivity contribution is -0.142. The molecule has 0 aromatic rings. The zero-order valence-corrected chi connectivity index (χ0v) is 15.9. The fourth-order valence-electron chi connectivity index (χ4n) is 4.53. The maximum Gasteiger partial charge on any atom is 0.409 e. The topological polar surface area (TPSA) is 70.2 Å². The van der Waals surface area contributed by atoms with Gasteiger partial charge >= 0.3 is 6.09 Å². The minimum Gasteiger partial charge on any atom is -0.450 e. The van der Waals surface area contributed by atoms with Crippen LogP contribution in [0.5, 0.6) is 0 Å². The van der Waals surface area contributed by atoms with Crippen molar-refractivity contribution in [3.63, 3.8) is 0 Å². The van der Waals surface area contributed by atoms with Crippen molar-refractivity contribution in [1.82, 2.24) is 14.7 Å². The lowest BCUT2D eigenvalue weighted by atomic mass is 9.73. The van der Waals surface area contributed by atoms with Crippen LogP contribution >= 0.6 is 0 Å². The van der Waals surface area contributed by atoms with Crippen molar-refractivity contribution in [3.05, 3.63) is 0 Å². The molecule has 7 nitrogen and oxygen atoms in total. The van der Waals surface area contributed by atoms with E-state index in [4.69, 9.17) is 4.74 Å². The first-order valence-electron chi connectivity index (χ1n) is 10.0. The van der Waals surface area contributed by atoms with Crippen molar-refractivity contribution < 1.29 is 19.1 Å². The summed E-state index contributed by atoms with van der Waals surface area (Å²) in [5.74, 6) is 0.0957. The summed E-state index contributed by atoms with van der Waals surface area (Å²) >= 11 is 0. The zero-order chi connectivity index (χ0) is 18.6. The Balaban J connectivity index is 1.41. The van der Waals surface area contributed by atoms with Gasteiger partial charge in [-0.3, -0.25) is 19.4 Å². The summed E-state index contributed by atoms with van der Waals surface area (Å²) in [6.07, 6.45) is 6.05. The van der Waals surface area contributed by atoms with Crippen LogP contribution in [0, 0.1) is 5.41 Å². The lowest BCUT2D eigenvalue weighted by Crippen LogP contribution is -2.49. The van der Waals surface area contributed by atoms with Gasteiger partial charge in [-0.1, -0.05) is 19.3 Å². The molecular weight excluding hydrogens is 334 g/mol. The van der Waals surface area contributed by atoms with Crippen molar-refractivity contribution in [2.75, 3.05) is 45.9 Å². The number of likely N-dealkylation sites (tertiary alicyclic amines) is 1. The van der Waals surface area contributed by atoms with E-state index in [1.54, 1.807) is 4.90 Å². The fraction of sp³-hybridized carbons (Fsp3) is 0.842. The lowest BCUT2D eigenvalue weighted by Gasteiger charge is -2.34. The third-order valence-corrected chi connectivity index (χ3v) is 6.05. The number of hydrogen-bond acceptors (Lipinski definition) is 5. The zero-order valence-electron chi connectivity index (χ0n) is 15.9. The average Bonchev–Trinajstić information content (AvgIpc) is 2.87. The Morgan fingerprint density at radius 1 is 1.04 bits per heavy atom. The van der Waals surface area contributed by atoms with Gasteiger partial charge in [-0.05, 0) is 32.7 Å². The molecule has 0 bridgehead atoms. The summed E-state index contributed by atoms with van der Waals surface area (Å²) in [6, 6.07) is 0. The normalized spacial score (nSPS) is 23.7. The molecule has 0 aromatic carbocycles. The number of nitrogens with zero attached hydrogens (tertiary/aromatic N) is 3. The van der Waals surface area contributed by atoms with E-state index < -0.39 is 0 Å². The standard InChI is InChI=1S/C19H31N3O4/c1-2-26-18(25)21-13-11-20(12-14-21)9-6-10-22-16(23)15-19(17(22)24)7-4-3-5-8-19/h2-15H2,1H3. The molecule has 0 atom stereocenters. The van der Waals surface area contributed by atoms with Crippen molar-refractivity contribution >= 4 is 17.9 Å². The van der Waals surface area contributed by atoms with Gasteiger partial charge in [0.05, 0.1) is 12.0 Å². The van der Waals surface area contributed by atoms with E-state index in [-0.39, 0.29) is 23.3 Å². The van der Waals surface area contributed by atoms with E-state index in [2.05, 4.69) is 4.90 Å². The first kappa shape index (κ1) is 19.1. The smallest absolute Gasteiger partial charge is 0.409 e. The maximum absolute atomic E-state index is 12.8. The Labute approximate surface area is 155 Å². The van der Waals surface area contributed by atoms with Gasteiger partial charge in [0.25, 0.3) is 0 Å². The number of ether oxygens (including phenoxy) is 1. The van der Waals surface area contributed by atoms with E-state index in [9.17, 15) is 14.4 Å². The predicted octanol–water partition coefficient (Wildman–Crippen LogP) is 1.86. The minimum atomic E-state index is -0.374. The number of amides is 3. The molecule has 0 aromatic heterocycles. The highest BCUT2D eigenvalue weighted by Crippen LogP contribution is 2.45. The SMILES string of the molecule is CCOC(=O)N1CCN(CCCN2C(=O)CC3(CCCCC3)C2=O)CC1. The van der Waals surface area contributed by atoms with Gasteiger partial charge in [0.2, 0.25) is 11.8 Å². The first-order chi connectivity index (χ1) is 12.6. The third kappa shape index (κ3) is 4.03. The average molecular weight is 365 g/mol. The Bertz CT molecular complexity index is 537. The van der Waals surface area contributed by atoms with Gasteiger partial charge in [-0.15, -0.1) is 0 Å². The molecule has 2 aliphatic heterocycles. The maximum atomic E-state index is 12.8. The van der Waals surface area contributed by atoms with Crippen LogP contribution in [0.25, 0.3) is 0 Å². The largest absolute Gasteiger partial charge is 0.450 e. The van der Waals surface area contributed by atoms with Crippen molar-refractivity contribution in [2.24, 2.45) is 5.41 Å². The van der Waals surface area contributed by atoms with Gasteiger partial charge in [0, 0.05) is 39.1 Å². The van der Waals surface area contributed by atoms with E-state index in [1.807, 2.05) is 6.92 Å². The third-order valence-electron chi connectivity index (χ3n) is 6.05. The molecule has 2 heterocycles. The molecule has 1 saturated carbocycles. The summed E-state index contributed by atoms with van der Waals surface area (Å²) in [5.41, 5.74) is -0.374. The molecule has 0 unspecified atom stereocenters. The van der Waals surface area contributed by atoms with Crippen LogP contribution in [-0.2, 0) is 14.3 Å². The van der Waals surface area contributed by atoms with Gasteiger partial charge in [-0.25, -0.2) is 4.79 Å². The van der Waals surface area contributed by atoms with Crippen molar-refractivity contribution in [1.29, 1.82) is 0 Å². The first-order valence-corrected chi connectivity index (χ1v) is 10.0. The molecule has 3 rings (SSSR count). The number of hydrogen-bond donors (Lipinski definition) is 0. The second kappa shape index (κ2) is 8.37. The molecule has 3 amide bonds. The molecular formula is C19H31N3O4. The van der Waals surface area contributed by atoms with Crippen LogP contribution in [0.15, 0.2) is 0 Å². The minimum absolute atomic E-state index is 0.0176. The number of imide groups is 1. The van der Waals surface area contributed by atoms with E-state index in [1.165, 1.54) is 11.3 Å². The quantitative estimate of drug-likeness (QED) is 0.696. The van der Waals surface area contributed by atoms with Gasteiger partial charge in [0.15, 0.2) is 0 Å². The van der Waals surface area contributed by atoms with Crippen LogP contribution in [0.2, 0.25) is 0 Å². The van der Waals surface area contributed by atoms with E-state index in [0.717, 1.165) is 51.7 Å². The molecule has 0 N–H and O–H groups in total. The number of carbonyl (C=O) groups is 3. The number of carbonyl (C=O) groups excluding carboxylic acids is 3. The summed E-state index contributed by atoms with van der Waals surface area (Å²) in [7, 11) is 0. The molecule has 26 heavy (non-hydrogen) atoms. The summed E-state index contributed by atoms with van der Waals surface area (Å²) in [6.45, 7) is 6.55. The second-order valence-corrected chi connectivity index (χ2v) is 7.75. The van der Waals surface area contributed by atoms with Gasteiger partial charge in [-0.2, -0.15) is 0 Å². The number of rotatable bonds is 5. The monoisotopic (exact) mass is 365 g/mol. The Morgan fingerprint density at radius 2 is 1.73 bits per heavy atom. The highest BCUT2D eigenvalue weighted by molar-refractivity contribution is 6.05. The molecule has 1 aliphatic carbocycles. The second-order valence-electron chi connectivity index (χ2n) is 7.75. The van der Waals surface area contributed by atoms with Crippen LogP contribution in [0.1, 0.15) is 51.9 Å². The number of piperazine rings is 1. The molecule has 3 fully saturated rings. The summed E-state index contributed by atoms with van der Waals surface area (Å²) < 4.78 is 5.03. The summed E-state index contributed by atoms with van der Waals surface area (Å²) in [5, 5.41) is 0. The predicted molar refractivity (Wildman–Crippen MR) is 96.5 cm³/mol. The molecule has 1 spiro atoms. The molecule has 3 aliphatic rings. The van der Waals surface area contributed by atoms with E-state index >= 15 is 0 Å². The molecule has 2 saturated heterocycles. The van der Waals surface area contributed by atoms with Crippen molar-refractivity contribution in [3.8, 4) is 0 Å². The van der Waals surface area contributed by atoms with Crippen LogP contribution in [-0.4, -0.2) is 78.5 Å². The van der Waals surface area contributed by atoms with Crippen LogP contribution in [0.4, 0.5) is 4.79 Å². The van der Waals surface area contributed by atoms with Crippen LogP contribution in [0.3, 0.4) is 0 Å².